The van der Waals surface area contributed by atoms with Gasteiger partial charge in [0.15, 0.2) is 0 Å². The smallest absolute Gasteiger partial charge is 0.225 e. The molecule has 2 aromatic carbocycles. The van der Waals surface area contributed by atoms with Crippen molar-refractivity contribution in [2.24, 2.45) is 0 Å². The minimum Gasteiger partial charge on any atom is -0.338 e. The largest absolute Gasteiger partial charge is 0.338 e. The highest BCUT2D eigenvalue weighted by molar-refractivity contribution is 6.31. The molecule has 0 saturated heterocycles. The first-order valence-electron chi connectivity index (χ1n) is 7.72. The molecule has 0 radical (unpaired) electrons. The molecular weight excluding hydrogens is 324 g/mol. The molecular formula is C18H19ClN4O. The molecule has 3 aromatic rings. The van der Waals surface area contributed by atoms with Gasteiger partial charge in [-0.3, -0.25) is 4.79 Å². The van der Waals surface area contributed by atoms with Gasteiger partial charge in [0.1, 0.15) is 5.82 Å². The van der Waals surface area contributed by atoms with Crippen molar-refractivity contribution in [3.05, 3.63) is 47.5 Å². The molecule has 24 heavy (non-hydrogen) atoms. The molecule has 0 aliphatic heterocycles. The summed E-state index contributed by atoms with van der Waals surface area (Å²) in [5.41, 5.74) is 3.29. The van der Waals surface area contributed by atoms with Crippen molar-refractivity contribution in [2.75, 3.05) is 26.0 Å². The van der Waals surface area contributed by atoms with Gasteiger partial charge in [0.25, 0.3) is 0 Å². The van der Waals surface area contributed by atoms with Crippen molar-refractivity contribution in [3.8, 4) is 11.4 Å². The Balaban J connectivity index is 1.92. The fourth-order valence-electron chi connectivity index (χ4n) is 2.44. The number of nitrogens with one attached hydrogen (secondary N) is 2. The normalized spacial score (nSPS) is 11.2. The van der Waals surface area contributed by atoms with Crippen molar-refractivity contribution in [1.29, 1.82) is 0 Å². The number of anilines is 1. The number of aromatic amines is 1. The number of amides is 1. The van der Waals surface area contributed by atoms with Crippen LogP contribution in [0, 0.1) is 0 Å². The van der Waals surface area contributed by atoms with Crippen LogP contribution in [0.2, 0.25) is 5.02 Å². The number of carbonyl (C=O) groups is 1. The maximum absolute atomic E-state index is 12.2. The third-order valence-electron chi connectivity index (χ3n) is 3.69. The zero-order chi connectivity index (χ0) is 17.1. The maximum atomic E-state index is 12.2. The van der Waals surface area contributed by atoms with E-state index in [1.165, 1.54) is 0 Å². The Morgan fingerprint density at radius 3 is 2.79 bits per heavy atom. The zero-order valence-electron chi connectivity index (χ0n) is 13.6. The summed E-state index contributed by atoms with van der Waals surface area (Å²) in [7, 11) is 3.88. The van der Waals surface area contributed by atoms with E-state index in [-0.39, 0.29) is 5.91 Å². The van der Waals surface area contributed by atoms with Crippen molar-refractivity contribution in [1.82, 2.24) is 14.9 Å². The molecule has 2 N–H and O–H groups in total. The lowest BCUT2D eigenvalue weighted by Crippen LogP contribution is -2.21. The fraction of sp³-hybridized carbons (Fsp3) is 0.222. The van der Waals surface area contributed by atoms with E-state index in [4.69, 9.17) is 11.6 Å². The summed E-state index contributed by atoms with van der Waals surface area (Å²) in [4.78, 5) is 22.0. The second-order valence-corrected chi connectivity index (χ2v) is 6.33. The third-order valence-corrected chi connectivity index (χ3v) is 3.92. The van der Waals surface area contributed by atoms with Crippen LogP contribution in [-0.2, 0) is 4.79 Å². The van der Waals surface area contributed by atoms with Gasteiger partial charge >= 0.3 is 0 Å². The quantitative estimate of drug-likeness (QED) is 0.742. The first-order valence-corrected chi connectivity index (χ1v) is 8.10. The summed E-state index contributed by atoms with van der Waals surface area (Å²) in [6, 6.07) is 13.2. The lowest BCUT2D eigenvalue weighted by Gasteiger charge is -2.12. The summed E-state index contributed by atoms with van der Waals surface area (Å²) in [6.45, 7) is 0.694. The van der Waals surface area contributed by atoms with E-state index in [0.29, 0.717) is 29.5 Å². The molecule has 3 rings (SSSR count). The van der Waals surface area contributed by atoms with Crippen LogP contribution in [0.5, 0.6) is 0 Å². The number of fused-ring (bicyclic) bond motifs is 1. The van der Waals surface area contributed by atoms with Crippen LogP contribution in [0.15, 0.2) is 42.5 Å². The predicted octanol–water partition coefficient (Wildman–Crippen LogP) is 3.77. The van der Waals surface area contributed by atoms with Gasteiger partial charge in [-0.1, -0.05) is 23.7 Å². The number of halogens is 1. The predicted molar refractivity (Wildman–Crippen MR) is 98.3 cm³/mol. The molecule has 0 spiro atoms. The van der Waals surface area contributed by atoms with Crippen LogP contribution in [0.25, 0.3) is 22.4 Å². The van der Waals surface area contributed by atoms with E-state index >= 15 is 0 Å². The molecule has 0 fully saturated rings. The Morgan fingerprint density at radius 1 is 1.25 bits per heavy atom. The van der Waals surface area contributed by atoms with Crippen LogP contribution in [0.4, 0.5) is 5.69 Å². The number of nitrogens with zero attached hydrogens (tertiary/aromatic N) is 2. The van der Waals surface area contributed by atoms with E-state index in [2.05, 4.69) is 15.3 Å². The van der Waals surface area contributed by atoms with Crippen LogP contribution in [0.1, 0.15) is 6.42 Å². The van der Waals surface area contributed by atoms with Gasteiger partial charge in [0, 0.05) is 23.6 Å². The molecule has 1 heterocycles. The minimum absolute atomic E-state index is 0.0385. The van der Waals surface area contributed by atoms with Crippen molar-refractivity contribution < 1.29 is 4.79 Å². The number of benzene rings is 2. The molecule has 0 aliphatic rings. The minimum atomic E-state index is -0.0385. The fourth-order valence-corrected chi connectivity index (χ4v) is 2.61. The van der Waals surface area contributed by atoms with Gasteiger partial charge in [0.05, 0.1) is 16.7 Å². The van der Waals surface area contributed by atoms with Gasteiger partial charge in [-0.05, 0) is 44.4 Å². The SMILES string of the molecule is CN(C)CCC(=O)Nc1ccc(Cl)cc1-c1nc2ccccc2[nH]1. The number of imidazole rings is 1. The summed E-state index contributed by atoms with van der Waals surface area (Å²) in [6.07, 6.45) is 0.426. The molecule has 0 aliphatic carbocycles. The highest BCUT2D eigenvalue weighted by Crippen LogP contribution is 2.30. The van der Waals surface area contributed by atoms with Crippen LogP contribution in [0.3, 0.4) is 0 Å². The molecule has 0 unspecified atom stereocenters. The van der Waals surface area contributed by atoms with E-state index < -0.39 is 0 Å². The van der Waals surface area contributed by atoms with Gasteiger partial charge in [-0.2, -0.15) is 0 Å². The lowest BCUT2D eigenvalue weighted by atomic mass is 10.1. The summed E-state index contributed by atoms with van der Waals surface area (Å²) < 4.78 is 0. The second-order valence-electron chi connectivity index (χ2n) is 5.89. The lowest BCUT2D eigenvalue weighted by molar-refractivity contribution is -0.116. The highest BCUT2D eigenvalue weighted by Gasteiger charge is 2.13. The zero-order valence-corrected chi connectivity index (χ0v) is 14.4. The van der Waals surface area contributed by atoms with Crippen LogP contribution in [-0.4, -0.2) is 41.4 Å². The Hall–Kier alpha value is -2.37. The number of hydrogen-bond donors (Lipinski definition) is 2. The average Bonchev–Trinajstić information content (AvgIpc) is 2.98. The number of carbonyl (C=O) groups excluding carboxylic acids is 1. The molecule has 0 atom stereocenters. The Kier molecular flexibility index (Phi) is 4.83. The average molecular weight is 343 g/mol. The van der Waals surface area contributed by atoms with E-state index in [0.717, 1.165) is 16.6 Å². The molecule has 5 nitrogen and oxygen atoms in total. The Bertz CT molecular complexity index is 839. The summed E-state index contributed by atoms with van der Waals surface area (Å²) in [5.74, 6) is 0.644. The van der Waals surface area contributed by atoms with Gasteiger partial charge in [-0.25, -0.2) is 4.98 Å². The number of para-hydroxylation sites is 2. The summed E-state index contributed by atoms with van der Waals surface area (Å²) in [5, 5.41) is 3.55. The topological polar surface area (TPSA) is 61.0 Å². The van der Waals surface area contributed by atoms with Gasteiger partial charge in [0.2, 0.25) is 5.91 Å². The number of H-pyrrole nitrogens is 1. The monoisotopic (exact) mass is 342 g/mol. The highest BCUT2D eigenvalue weighted by atomic mass is 35.5. The van der Waals surface area contributed by atoms with Crippen LogP contribution >= 0.6 is 11.6 Å². The molecule has 124 valence electrons. The van der Waals surface area contributed by atoms with E-state index in [1.54, 1.807) is 18.2 Å². The molecule has 1 aromatic heterocycles. The standard InChI is InChI=1S/C18H19ClN4O/c1-23(2)10-9-17(24)20-14-8-7-12(19)11-13(14)18-21-15-5-3-4-6-16(15)22-18/h3-8,11H,9-10H2,1-2H3,(H,20,24)(H,21,22). The van der Waals surface area contributed by atoms with Crippen molar-refractivity contribution in [3.63, 3.8) is 0 Å². The van der Waals surface area contributed by atoms with Crippen LogP contribution < -0.4 is 5.32 Å². The maximum Gasteiger partial charge on any atom is 0.225 e. The first kappa shape index (κ1) is 16.5. The van der Waals surface area contributed by atoms with Gasteiger partial charge < -0.3 is 15.2 Å². The number of aromatic nitrogens is 2. The number of rotatable bonds is 5. The molecule has 6 heteroatoms. The third kappa shape index (κ3) is 3.75. The van der Waals surface area contributed by atoms with E-state index in [1.807, 2.05) is 43.3 Å². The summed E-state index contributed by atoms with van der Waals surface area (Å²) >= 11 is 6.14. The van der Waals surface area contributed by atoms with Gasteiger partial charge in [-0.15, -0.1) is 0 Å². The van der Waals surface area contributed by atoms with Crippen molar-refractivity contribution >= 4 is 34.2 Å². The molecule has 0 bridgehead atoms. The molecule has 1 amide bonds. The Morgan fingerprint density at radius 2 is 2.04 bits per heavy atom. The second kappa shape index (κ2) is 7.03. The molecule has 0 saturated carbocycles. The van der Waals surface area contributed by atoms with E-state index in [9.17, 15) is 4.79 Å². The van der Waals surface area contributed by atoms with Crippen molar-refractivity contribution in [2.45, 2.75) is 6.42 Å². The number of hydrogen-bond acceptors (Lipinski definition) is 3. The first-order chi connectivity index (χ1) is 11.5. The Labute approximate surface area is 145 Å².